The monoisotopic (exact) mass is 358 g/mol. The summed E-state index contributed by atoms with van der Waals surface area (Å²) in [5.41, 5.74) is 1.23. The molecule has 0 saturated heterocycles. The minimum Gasteiger partial charge on any atom is -0.484 e. The molecule has 1 aromatic rings. The predicted octanol–water partition coefficient (Wildman–Crippen LogP) is 1.85. The van der Waals surface area contributed by atoms with Gasteiger partial charge in [0, 0.05) is 25.7 Å². The Morgan fingerprint density at radius 2 is 1.92 bits per heavy atom. The Kier molecular flexibility index (Phi) is 6.75. The van der Waals surface area contributed by atoms with Gasteiger partial charge < -0.3 is 20.7 Å². The smallest absolute Gasteiger partial charge is 0.258 e. The number of hydrogen-bond acceptors (Lipinski definition) is 3. The molecule has 3 rings (SSSR count). The SMILES string of the molecule is CCNC(=NCC1CC1)NCCc1ccc(OCC(=O)NC2CC2)cc1. The fraction of sp³-hybridized carbons (Fsp3) is 0.600. The summed E-state index contributed by atoms with van der Waals surface area (Å²) in [5, 5.41) is 9.59. The zero-order valence-electron chi connectivity index (χ0n) is 15.6. The fourth-order valence-corrected chi connectivity index (χ4v) is 2.59. The molecule has 6 heteroatoms. The van der Waals surface area contributed by atoms with Crippen molar-refractivity contribution in [1.29, 1.82) is 0 Å². The lowest BCUT2D eigenvalue weighted by Gasteiger charge is -2.11. The highest BCUT2D eigenvalue weighted by Gasteiger charge is 2.23. The zero-order chi connectivity index (χ0) is 18.2. The van der Waals surface area contributed by atoms with Crippen LogP contribution in [0.4, 0.5) is 0 Å². The average molecular weight is 358 g/mol. The molecular weight excluding hydrogens is 328 g/mol. The van der Waals surface area contributed by atoms with Gasteiger partial charge in [0.15, 0.2) is 12.6 Å². The molecule has 2 aliphatic rings. The van der Waals surface area contributed by atoms with Crippen LogP contribution in [0, 0.1) is 5.92 Å². The summed E-state index contributed by atoms with van der Waals surface area (Å²) in [5.74, 6) is 2.39. The molecular formula is C20H30N4O2. The van der Waals surface area contributed by atoms with Gasteiger partial charge in [0.25, 0.3) is 5.91 Å². The number of carbonyl (C=O) groups is 1. The maximum absolute atomic E-state index is 11.6. The molecule has 0 atom stereocenters. The second-order valence-corrected chi connectivity index (χ2v) is 7.11. The molecule has 1 amide bonds. The Hall–Kier alpha value is -2.24. The first kappa shape index (κ1) is 18.5. The molecule has 6 nitrogen and oxygen atoms in total. The lowest BCUT2D eigenvalue weighted by Crippen LogP contribution is -2.38. The van der Waals surface area contributed by atoms with E-state index in [1.807, 2.05) is 24.3 Å². The van der Waals surface area contributed by atoms with E-state index in [0.29, 0.717) is 6.04 Å². The van der Waals surface area contributed by atoms with E-state index in [-0.39, 0.29) is 12.5 Å². The van der Waals surface area contributed by atoms with Gasteiger partial charge in [0.05, 0.1) is 0 Å². The van der Waals surface area contributed by atoms with Gasteiger partial charge in [-0.15, -0.1) is 0 Å². The Balaban J connectivity index is 1.36. The third kappa shape index (κ3) is 6.94. The quantitative estimate of drug-likeness (QED) is 0.441. The van der Waals surface area contributed by atoms with E-state index >= 15 is 0 Å². The molecule has 0 unspecified atom stereocenters. The van der Waals surface area contributed by atoms with Crippen molar-refractivity contribution in [2.75, 3.05) is 26.2 Å². The van der Waals surface area contributed by atoms with Crippen molar-refractivity contribution in [1.82, 2.24) is 16.0 Å². The van der Waals surface area contributed by atoms with Crippen LogP contribution in [0.3, 0.4) is 0 Å². The number of guanidine groups is 1. The standard InChI is InChI=1S/C20H30N4O2/c1-2-21-20(23-13-16-3-4-16)22-12-11-15-5-9-18(10-6-15)26-14-19(25)24-17-7-8-17/h5-6,9-10,16-17H,2-4,7-8,11-14H2,1H3,(H,24,25)(H2,21,22,23). The van der Waals surface area contributed by atoms with Crippen LogP contribution in [0.1, 0.15) is 38.2 Å². The van der Waals surface area contributed by atoms with Crippen molar-refractivity contribution < 1.29 is 9.53 Å². The summed E-state index contributed by atoms with van der Waals surface area (Å²) in [6.07, 6.45) is 5.74. The topological polar surface area (TPSA) is 74.8 Å². The van der Waals surface area contributed by atoms with E-state index in [1.165, 1.54) is 18.4 Å². The first-order chi connectivity index (χ1) is 12.7. The molecule has 2 aliphatic carbocycles. The fourth-order valence-electron chi connectivity index (χ4n) is 2.59. The Labute approximate surface area is 155 Å². The van der Waals surface area contributed by atoms with Gasteiger partial charge in [0.1, 0.15) is 5.75 Å². The maximum Gasteiger partial charge on any atom is 0.258 e. The van der Waals surface area contributed by atoms with E-state index < -0.39 is 0 Å². The van der Waals surface area contributed by atoms with Crippen LogP contribution in [0.25, 0.3) is 0 Å². The van der Waals surface area contributed by atoms with Crippen molar-refractivity contribution in [3.05, 3.63) is 29.8 Å². The molecule has 0 spiro atoms. The number of benzene rings is 1. The number of hydrogen-bond donors (Lipinski definition) is 3. The third-order valence-corrected chi connectivity index (χ3v) is 4.49. The third-order valence-electron chi connectivity index (χ3n) is 4.49. The van der Waals surface area contributed by atoms with Crippen LogP contribution in [-0.4, -0.2) is 44.1 Å². The lowest BCUT2D eigenvalue weighted by molar-refractivity contribution is -0.123. The number of nitrogens with zero attached hydrogens (tertiary/aromatic N) is 1. The molecule has 0 aromatic heterocycles. The van der Waals surface area contributed by atoms with Gasteiger partial charge in [-0.3, -0.25) is 9.79 Å². The van der Waals surface area contributed by atoms with Gasteiger partial charge in [-0.1, -0.05) is 12.1 Å². The number of amides is 1. The highest BCUT2D eigenvalue weighted by Crippen LogP contribution is 2.28. The predicted molar refractivity (Wildman–Crippen MR) is 104 cm³/mol. The van der Waals surface area contributed by atoms with Crippen LogP contribution in [-0.2, 0) is 11.2 Å². The van der Waals surface area contributed by atoms with E-state index in [9.17, 15) is 4.79 Å². The minimum absolute atomic E-state index is 0.0396. The second kappa shape index (κ2) is 9.46. The van der Waals surface area contributed by atoms with Crippen LogP contribution < -0.4 is 20.7 Å². The highest BCUT2D eigenvalue weighted by molar-refractivity contribution is 5.79. The molecule has 2 saturated carbocycles. The summed E-state index contributed by atoms with van der Waals surface area (Å²) in [6, 6.07) is 8.31. The maximum atomic E-state index is 11.6. The number of ether oxygens (including phenoxy) is 1. The van der Waals surface area contributed by atoms with E-state index in [4.69, 9.17) is 4.74 Å². The summed E-state index contributed by atoms with van der Waals surface area (Å²) >= 11 is 0. The minimum atomic E-state index is -0.0396. The Morgan fingerprint density at radius 3 is 2.58 bits per heavy atom. The first-order valence-corrected chi connectivity index (χ1v) is 9.76. The first-order valence-electron chi connectivity index (χ1n) is 9.76. The molecule has 0 heterocycles. The molecule has 0 bridgehead atoms. The van der Waals surface area contributed by atoms with Crippen LogP contribution in [0.2, 0.25) is 0 Å². The van der Waals surface area contributed by atoms with E-state index in [2.05, 4.69) is 27.9 Å². The van der Waals surface area contributed by atoms with Crippen LogP contribution in [0.15, 0.2) is 29.3 Å². The summed E-state index contributed by atoms with van der Waals surface area (Å²) in [7, 11) is 0. The van der Waals surface area contributed by atoms with Gasteiger partial charge in [0.2, 0.25) is 0 Å². The van der Waals surface area contributed by atoms with Gasteiger partial charge >= 0.3 is 0 Å². The Bertz CT molecular complexity index is 607. The summed E-state index contributed by atoms with van der Waals surface area (Å²) in [6.45, 7) is 4.80. The van der Waals surface area contributed by atoms with Gasteiger partial charge in [-0.2, -0.15) is 0 Å². The molecule has 142 valence electrons. The average Bonchev–Trinajstić information content (AvgIpc) is 3.54. The molecule has 2 fully saturated rings. The second-order valence-electron chi connectivity index (χ2n) is 7.11. The zero-order valence-corrected chi connectivity index (χ0v) is 15.6. The molecule has 0 aliphatic heterocycles. The number of carbonyl (C=O) groups excluding carboxylic acids is 1. The van der Waals surface area contributed by atoms with Crippen LogP contribution in [0.5, 0.6) is 5.75 Å². The van der Waals surface area contributed by atoms with E-state index in [1.54, 1.807) is 0 Å². The molecule has 1 aromatic carbocycles. The molecule has 26 heavy (non-hydrogen) atoms. The van der Waals surface area contributed by atoms with Crippen molar-refractivity contribution in [2.45, 2.75) is 45.1 Å². The van der Waals surface area contributed by atoms with E-state index in [0.717, 1.165) is 56.5 Å². The van der Waals surface area contributed by atoms with Gasteiger partial charge in [-0.25, -0.2) is 0 Å². The van der Waals surface area contributed by atoms with Gasteiger partial charge in [-0.05, 0) is 62.6 Å². The lowest BCUT2D eigenvalue weighted by atomic mass is 10.1. The normalized spacial score (nSPS) is 16.9. The van der Waals surface area contributed by atoms with Crippen molar-refractivity contribution >= 4 is 11.9 Å². The Morgan fingerprint density at radius 1 is 1.15 bits per heavy atom. The highest BCUT2D eigenvalue weighted by atomic mass is 16.5. The summed E-state index contributed by atoms with van der Waals surface area (Å²) < 4.78 is 5.53. The van der Waals surface area contributed by atoms with Crippen molar-refractivity contribution in [2.24, 2.45) is 10.9 Å². The number of rotatable bonds is 10. The largest absolute Gasteiger partial charge is 0.484 e. The van der Waals surface area contributed by atoms with Crippen LogP contribution >= 0.6 is 0 Å². The van der Waals surface area contributed by atoms with Crippen molar-refractivity contribution in [3.63, 3.8) is 0 Å². The molecule has 0 radical (unpaired) electrons. The molecule has 3 N–H and O–H groups in total. The van der Waals surface area contributed by atoms with Crippen molar-refractivity contribution in [3.8, 4) is 5.75 Å². The number of aliphatic imine (C=N–C) groups is 1. The summed E-state index contributed by atoms with van der Waals surface area (Å²) in [4.78, 5) is 16.3. The number of nitrogens with one attached hydrogen (secondary N) is 3.